The molecule has 21 heavy (non-hydrogen) atoms. The highest BCUT2D eigenvalue weighted by Gasteiger charge is 2.18. The summed E-state index contributed by atoms with van der Waals surface area (Å²) in [6.45, 7) is 0.576. The van der Waals surface area contributed by atoms with Gasteiger partial charge in [-0.25, -0.2) is 4.98 Å². The molecule has 1 amide bonds. The zero-order chi connectivity index (χ0) is 14.8. The van der Waals surface area contributed by atoms with Crippen LogP contribution in [0.25, 0.3) is 0 Å². The van der Waals surface area contributed by atoms with Crippen molar-refractivity contribution in [2.45, 2.75) is 25.8 Å². The fourth-order valence-corrected chi connectivity index (χ4v) is 2.62. The molecular weight excluding hydrogens is 264 g/mol. The second-order valence-electron chi connectivity index (χ2n) is 5.30. The molecule has 5 N–H and O–H groups in total. The smallest absolute Gasteiger partial charge is 0.252 e. The maximum absolute atomic E-state index is 11.6. The average molecular weight is 282 g/mol. The van der Waals surface area contributed by atoms with Crippen LogP contribution >= 0.6 is 0 Å². The normalized spacial score (nSPS) is 13.0. The Balaban J connectivity index is 1.84. The Labute approximate surface area is 123 Å². The number of carbonyl (C=O) groups excluding carboxylic acids is 1. The minimum atomic E-state index is -0.447. The third kappa shape index (κ3) is 2.81. The minimum Gasteiger partial charge on any atom is -0.399 e. The standard InChI is InChI=1S/C16H18N4O/c17-12-6-4-10(5-7-12)9-19-16-13(15(18)21)8-11-2-1-3-14(11)20-16/h4-8H,1-3,9,17H2,(H2,18,21)(H,19,20). The molecule has 108 valence electrons. The number of amides is 1. The Morgan fingerprint density at radius 1 is 1.24 bits per heavy atom. The molecule has 0 spiro atoms. The maximum Gasteiger partial charge on any atom is 0.252 e. The van der Waals surface area contributed by atoms with Gasteiger partial charge >= 0.3 is 0 Å². The van der Waals surface area contributed by atoms with Gasteiger partial charge in [-0.3, -0.25) is 4.79 Å². The fraction of sp³-hybridized carbons (Fsp3) is 0.250. The van der Waals surface area contributed by atoms with Gasteiger partial charge in [-0.1, -0.05) is 12.1 Å². The van der Waals surface area contributed by atoms with Gasteiger partial charge in [0.2, 0.25) is 0 Å². The molecule has 3 rings (SSSR count). The number of hydrogen-bond acceptors (Lipinski definition) is 4. The van der Waals surface area contributed by atoms with Crippen LogP contribution in [0.4, 0.5) is 11.5 Å². The topological polar surface area (TPSA) is 94.0 Å². The summed E-state index contributed by atoms with van der Waals surface area (Å²) in [6.07, 6.45) is 3.02. The number of nitrogens with one attached hydrogen (secondary N) is 1. The highest BCUT2D eigenvalue weighted by molar-refractivity contribution is 5.97. The van der Waals surface area contributed by atoms with Crippen LogP contribution in [0.15, 0.2) is 30.3 Å². The Morgan fingerprint density at radius 3 is 2.71 bits per heavy atom. The lowest BCUT2D eigenvalue weighted by atomic mass is 10.1. The lowest BCUT2D eigenvalue weighted by Gasteiger charge is -2.12. The maximum atomic E-state index is 11.6. The third-order valence-electron chi connectivity index (χ3n) is 3.76. The Bertz CT molecular complexity index is 679. The van der Waals surface area contributed by atoms with E-state index in [1.54, 1.807) is 0 Å². The van der Waals surface area contributed by atoms with E-state index >= 15 is 0 Å². The molecule has 2 aromatic rings. The number of hydrogen-bond donors (Lipinski definition) is 3. The van der Waals surface area contributed by atoms with Crippen LogP contribution in [0.5, 0.6) is 0 Å². The summed E-state index contributed by atoms with van der Waals surface area (Å²) in [5, 5.41) is 3.21. The van der Waals surface area contributed by atoms with Crippen molar-refractivity contribution in [2.75, 3.05) is 11.1 Å². The first-order valence-corrected chi connectivity index (χ1v) is 7.04. The van der Waals surface area contributed by atoms with E-state index < -0.39 is 5.91 Å². The predicted molar refractivity (Wildman–Crippen MR) is 83.0 cm³/mol. The molecule has 0 atom stereocenters. The second-order valence-corrected chi connectivity index (χ2v) is 5.30. The van der Waals surface area contributed by atoms with Crippen molar-refractivity contribution in [1.82, 2.24) is 4.98 Å². The van der Waals surface area contributed by atoms with Crippen LogP contribution in [-0.4, -0.2) is 10.9 Å². The summed E-state index contributed by atoms with van der Waals surface area (Å²) in [5.74, 6) is 0.122. The Morgan fingerprint density at radius 2 is 2.00 bits per heavy atom. The van der Waals surface area contributed by atoms with Crippen LogP contribution in [0, 0.1) is 0 Å². The van der Waals surface area contributed by atoms with Crippen LogP contribution in [0.1, 0.15) is 33.6 Å². The van der Waals surface area contributed by atoms with Crippen molar-refractivity contribution in [3.8, 4) is 0 Å². The van der Waals surface area contributed by atoms with Gasteiger partial charge in [-0.05, 0) is 48.6 Å². The van der Waals surface area contributed by atoms with Gasteiger partial charge in [0.1, 0.15) is 5.82 Å². The molecule has 0 saturated heterocycles. The molecule has 0 bridgehead atoms. The van der Waals surface area contributed by atoms with Crippen molar-refractivity contribution < 1.29 is 4.79 Å². The molecule has 0 fully saturated rings. The van der Waals surface area contributed by atoms with E-state index in [-0.39, 0.29) is 0 Å². The summed E-state index contributed by atoms with van der Waals surface area (Å²) in [6, 6.07) is 9.46. The lowest BCUT2D eigenvalue weighted by Crippen LogP contribution is -2.16. The number of nitrogens with two attached hydrogens (primary N) is 2. The van der Waals surface area contributed by atoms with Gasteiger partial charge in [-0.2, -0.15) is 0 Å². The van der Waals surface area contributed by atoms with Gasteiger partial charge in [0, 0.05) is 17.9 Å². The molecule has 1 aliphatic carbocycles. The van der Waals surface area contributed by atoms with Crippen molar-refractivity contribution in [2.24, 2.45) is 5.73 Å². The number of nitrogens with zero attached hydrogens (tertiary/aromatic N) is 1. The lowest BCUT2D eigenvalue weighted by molar-refractivity contribution is 0.100. The summed E-state index contributed by atoms with van der Waals surface area (Å²) < 4.78 is 0. The van der Waals surface area contributed by atoms with E-state index in [1.165, 1.54) is 0 Å². The van der Waals surface area contributed by atoms with E-state index in [9.17, 15) is 4.79 Å². The molecular formula is C16H18N4O. The number of rotatable bonds is 4. The van der Waals surface area contributed by atoms with Gasteiger partial charge in [0.25, 0.3) is 5.91 Å². The van der Waals surface area contributed by atoms with E-state index in [0.29, 0.717) is 17.9 Å². The first-order valence-electron chi connectivity index (χ1n) is 7.04. The van der Waals surface area contributed by atoms with Crippen molar-refractivity contribution in [3.63, 3.8) is 0 Å². The first-order chi connectivity index (χ1) is 10.1. The Hall–Kier alpha value is -2.56. The number of aromatic nitrogens is 1. The molecule has 5 nitrogen and oxygen atoms in total. The highest BCUT2D eigenvalue weighted by Crippen LogP contribution is 2.25. The number of nitrogen functional groups attached to an aromatic ring is 1. The number of aryl methyl sites for hydroxylation is 2. The number of primary amides is 1. The van der Waals surface area contributed by atoms with Gasteiger partial charge in [0.05, 0.1) is 5.56 Å². The van der Waals surface area contributed by atoms with Crippen LogP contribution < -0.4 is 16.8 Å². The minimum absolute atomic E-state index is 0.447. The number of pyridine rings is 1. The van der Waals surface area contributed by atoms with Crippen LogP contribution in [0.3, 0.4) is 0 Å². The Kier molecular flexibility index (Phi) is 3.48. The van der Waals surface area contributed by atoms with Crippen LogP contribution in [-0.2, 0) is 19.4 Å². The van der Waals surface area contributed by atoms with Crippen molar-refractivity contribution >= 4 is 17.4 Å². The molecule has 1 aromatic heterocycles. The van der Waals surface area contributed by atoms with Gasteiger partial charge in [-0.15, -0.1) is 0 Å². The van der Waals surface area contributed by atoms with E-state index in [1.807, 2.05) is 30.3 Å². The molecule has 1 aromatic carbocycles. The average Bonchev–Trinajstić information content (AvgIpc) is 2.92. The molecule has 0 radical (unpaired) electrons. The summed E-state index contributed by atoms with van der Waals surface area (Å²) in [4.78, 5) is 16.2. The summed E-state index contributed by atoms with van der Waals surface area (Å²) in [5.41, 5.74) is 15.6. The zero-order valence-corrected chi connectivity index (χ0v) is 11.7. The molecule has 0 aliphatic heterocycles. The summed E-state index contributed by atoms with van der Waals surface area (Å²) >= 11 is 0. The van der Waals surface area contributed by atoms with Crippen molar-refractivity contribution in [3.05, 3.63) is 52.7 Å². The summed E-state index contributed by atoms with van der Waals surface area (Å²) in [7, 11) is 0. The number of anilines is 2. The second kappa shape index (κ2) is 5.44. The van der Waals surface area contributed by atoms with Gasteiger partial charge in [0.15, 0.2) is 0 Å². The predicted octanol–water partition coefficient (Wildman–Crippen LogP) is 1.86. The molecule has 0 saturated carbocycles. The quantitative estimate of drug-likeness (QED) is 0.746. The zero-order valence-electron chi connectivity index (χ0n) is 11.7. The highest BCUT2D eigenvalue weighted by atomic mass is 16.1. The van der Waals surface area contributed by atoms with E-state index in [4.69, 9.17) is 11.5 Å². The molecule has 1 aliphatic rings. The number of carbonyl (C=O) groups is 1. The molecule has 0 unspecified atom stereocenters. The van der Waals surface area contributed by atoms with Crippen molar-refractivity contribution in [1.29, 1.82) is 0 Å². The monoisotopic (exact) mass is 282 g/mol. The largest absolute Gasteiger partial charge is 0.399 e. The number of fused-ring (bicyclic) bond motifs is 1. The van der Waals surface area contributed by atoms with E-state index in [0.717, 1.165) is 41.8 Å². The SMILES string of the molecule is NC(=O)c1cc2c(nc1NCc1ccc(N)cc1)CCC2. The number of benzene rings is 1. The van der Waals surface area contributed by atoms with Gasteiger partial charge < -0.3 is 16.8 Å². The third-order valence-corrected chi connectivity index (χ3v) is 3.76. The first kappa shape index (κ1) is 13.4. The van der Waals surface area contributed by atoms with Crippen LogP contribution in [0.2, 0.25) is 0 Å². The van der Waals surface area contributed by atoms with E-state index in [2.05, 4.69) is 10.3 Å². The fourth-order valence-electron chi connectivity index (χ4n) is 2.62. The molecule has 5 heteroatoms. The molecule has 1 heterocycles.